The number of hydrogen-bond donors (Lipinski definition) is 1. The van der Waals surface area contributed by atoms with E-state index in [2.05, 4.69) is 39.2 Å². The summed E-state index contributed by atoms with van der Waals surface area (Å²) in [7, 11) is 1.72. The first-order chi connectivity index (χ1) is 16.2. The van der Waals surface area contributed by atoms with Gasteiger partial charge in [-0.15, -0.1) is 0 Å². The van der Waals surface area contributed by atoms with Gasteiger partial charge in [0.15, 0.2) is 5.54 Å². The summed E-state index contributed by atoms with van der Waals surface area (Å²) in [5, 5.41) is 0. The minimum absolute atomic E-state index is 0.385. The Hall–Kier alpha value is -4.13. The Morgan fingerprint density at radius 2 is 1.73 bits per heavy atom. The summed E-state index contributed by atoms with van der Waals surface area (Å²) in [6, 6.07) is 14.5. The van der Waals surface area contributed by atoms with Crippen LogP contribution in [0.15, 0.2) is 78.6 Å². The lowest BCUT2D eigenvalue weighted by atomic mass is 9.79. The molecule has 2 aromatic carbocycles. The molecule has 2 aliphatic rings. The van der Waals surface area contributed by atoms with Crippen molar-refractivity contribution in [3.8, 4) is 16.9 Å². The maximum Gasteiger partial charge on any atom is 0.157 e. The summed E-state index contributed by atoms with van der Waals surface area (Å²) in [6.45, 7) is 0. The van der Waals surface area contributed by atoms with Gasteiger partial charge in [-0.3, -0.25) is 4.98 Å². The van der Waals surface area contributed by atoms with Gasteiger partial charge in [-0.25, -0.2) is 19.9 Å². The lowest BCUT2D eigenvalue weighted by Crippen LogP contribution is -2.27. The van der Waals surface area contributed by atoms with Crippen LogP contribution >= 0.6 is 0 Å². The van der Waals surface area contributed by atoms with Gasteiger partial charge in [-0.1, -0.05) is 24.3 Å². The lowest BCUT2D eigenvalue weighted by Gasteiger charge is -2.29. The van der Waals surface area contributed by atoms with Crippen molar-refractivity contribution in [2.45, 2.75) is 24.3 Å². The van der Waals surface area contributed by atoms with Gasteiger partial charge in [0.2, 0.25) is 0 Å². The first-order valence-electron chi connectivity index (χ1n) is 10.9. The van der Waals surface area contributed by atoms with Crippen molar-refractivity contribution in [2.75, 3.05) is 7.11 Å². The molecule has 0 bridgehead atoms. The van der Waals surface area contributed by atoms with Crippen LogP contribution in [0.3, 0.4) is 0 Å². The van der Waals surface area contributed by atoms with Crippen LogP contribution in [0.4, 0.5) is 0 Å². The first-order valence-corrected chi connectivity index (χ1v) is 10.9. The molecule has 4 aromatic rings. The van der Waals surface area contributed by atoms with E-state index in [0.717, 1.165) is 46.5 Å². The van der Waals surface area contributed by atoms with Gasteiger partial charge < -0.3 is 10.5 Å². The zero-order chi connectivity index (χ0) is 22.4. The summed E-state index contributed by atoms with van der Waals surface area (Å²) >= 11 is 0. The zero-order valence-electron chi connectivity index (χ0n) is 18.1. The van der Waals surface area contributed by atoms with Crippen LogP contribution in [0.2, 0.25) is 0 Å². The van der Waals surface area contributed by atoms with Crippen LogP contribution in [0, 0.1) is 0 Å². The molecule has 1 saturated carbocycles. The number of aliphatic imine (C=N–C) groups is 1. The van der Waals surface area contributed by atoms with Crippen LogP contribution < -0.4 is 10.5 Å². The smallest absolute Gasteiger partial charge is 0.157 e. The van der Waals surface area contributed by atoms with E-state index in [1.807, 2.05) is 18.2 Å². The number of hydrogen-bond acceptors (Lipinski definition) is 7. The van der Waals surface area contributed by atoms with E-state index >= 15 is 0 Å². The van der Waals surface area contributed by atoms with Gasteiger partial charge in [-0.2, -0.15) is 0 Å². The second kappa shape index (κ2) is 7.48. The average molecular weight is 435 g/mol. The highest BCUT2D eigenvalue weighted by Gasteiger charge is 2.46. The van der Waals surface area contributed by atoms with Gasteiger partial charge in [0, 0.05) is 30.4 Å². The summed E-state index contributed by atoms with van der Waals surface area (Å²) in [4.78, 5) is 22.6. The standard InChI is InChI=1S/C26H22N6O/c1-33-22-8-7-20(12-21(22)16-5-6-16)26(24-23(25(27)32-26)30-9-10-31-24)19-4-2-3-17(11-19)18-13-28-15-29-14-18/h2-4,7-16H,5-6H2,1H3,(H2,27,32). The molecule has 33 heavy (non-hydrogen) atoms. The predicted octanol–water partition coefficient (Wildman–Crippen LogP) is 3.83. The Balaban J connectivity index is 1.62. The minimum Gasteiger partial charge on any atom is -0.496 e. The van der Waals surface area contributed by atoms with Crippen molar-refractivity contribution in [3.63, 3.8) is 0 Å². The maximum absolute atomic E-state index is 6.41. The lowest BCUT2D eigenvalue weighted by molar-refractivity contribution is 0.409. The summed E-state index contributed by atoms with van der Waals surface area (Å²) < 4.78 is 5.67. The highest BCUT2D eigenvalue weighted by Crippen LogP contribution is 2.49. The Labute approximate surface area is 191 Å². The number of methoxy groups -OCH3 is 1. The van der Waals surface area contributed by atoms with Crippen molar-refractivity contribution in [1.82, 2.24) is 19.9 Å². The molecule has 6 rings (SSSR count). The van der Waals surface area contributed by atoms with Crippen LogP contribution in [0.25, 0.3) is 11.1 Å². The average Bonchev–Trinajstić information content (AvgIpc) is 3.68. The van der Waals surface area contributed by atoms with Crippen LogP contribution in [0.5, 0.6) is 5.75 Å². The molecule has 0 radical (unpaired) electrons. The van der Waals surface area contributed by atoms with E-state index in [1.54, 1.807) is 31.9 Å². The van der Waals surface area contributed by atoms with E-state index < -0.39 is 5.54 Å². The van der Waals surface area contributed by atoms with E-state index in [9.17, 15) is 0 Å². The number of nitrogens with zero attached hydrogens (tertiary/aromatic N) is 5. The van der Waals surface area contributed by atoms with Gasteiger partial charge in [0.25, 0.3) is 0 Å². The molecule has 162 valence electrons. The quantitative estimate of drug-likeness (QED) is 0.513. The topological polar surface area (TPSA) is 99.2 Å². The molecule has 2 aromatic heterocycles. The molecule has 1 fully saturated rings. The summed E-state index contributed by atoms with van der Waals surface area (Å²) in [5.74, 6) is 1.80. The Bertz CT molecular complexity index is 1380. The largest absolute Gasteiger partial charge is 0.496 e. The number of benzene rings is 2. The fourth-order valence-electron chi connectivity index (χ4n) is 4.69. The number of ether oxygens (including phenoxy) is 1. The highest BCUT2D eigenvalue weighted by molar-refractivity contribution is 6.01. The first kappa shape index (κ1) is 19.5. The number of fused-ring (bicyclic) bond motifs is 1. The molecule has 1 aliphatic carbocycles. The van der Waals surface area contributed by atoms with Crippen molar-refractivity contribution < 1.29 is 4.74 Å². The number of aromatic nitrogens is 4. The fourth-order valence-corrected chi connectivity index (χ4v) is 4.69. The maximum atomic E-state index is 6.41. The zero-order valence-corrected chi connectivity index (χ0v) is 18.1. The van der Waals surface area contributed by atoms with Gasteiger partial charge >= 0.3 is 0 Å². The van der Waals surface area contributed by atoms with Gasteiger partial charge in [0.1, 0.15) is 29.3 Å². The number of amidine groups is 1. The third-order valence-corrected chi connectivity index (χ3v) is 6.41. The monoisotopic (exact) mass is 434 g/mol. The molecule has 2 N–H and O–H groups in total. The number of rotatable bonds is 5. The summed E-state index contributed by atoms with van der Waals surface area (Å²) in [6.07, 6.45) is 10.8. The Morgan fingerprint density at radius 3 is 2.52 bits per heavy atom. The van der Waals surface area contributed by atoms with Crippen molar-refractivity contribution in [1.29, 1.82) is 0 Å². The van der Waals surface area contributed by atoms with Crippen molar-refractivity contribution >= 4 is 5.84 Å². The normalized spacial score (nSPS) is 19.1. The second-order valence-electron chi connectivity index (χ2n) is 8.40. The molecule has 0 spiro atoms. The Morgan fingerprint density at radius 1 is 0.939 bits per heavy atom. The molecule has 1 aliphatic heterocycles. The fraction of sp³-hybridized carbons (Fsp3) is 0.192. The molecule has 1 unspecified atom stereocenters. The third-order valence-electron chi connectivity index (χ3n) is 6.41. The van der Waals surface area contributed by atoms with E-state index in [4.69, 9.17) is 20.4 Å². The van der Waals surface area contributed by atoms with Crippen LogP contribution in [-0.2, 0) is 5.54 Å². The predicted molar refractivity (Wildman–Crippen MR) is 125 cm³/mol. The van der Waals surface area contributed by atoms with Crippen molar-refractivity contribution in [2.24, 2.45) is 10.7 Å². The van der Waals surface area contributed by atoms with E-state index in [0.29, 0.717) is 17.4 Å². The third kappa shape index (κ3) is 3.08. The van der Waals surface area contributed by atoms with Gasteiger partial charge in [0.05, 0.1) is 7.11 Å². The van der Waals surface area contributed by atoms with Gasteiger partial charge in [-0.05, 0) is 59.2 Å². The summed E-state index contributed by atoms with van der Waals surface area (Å²) in [5.41, 5.74) is 11.9. The second-order valence-corrected chi connectivity index (χ2v) is 8.40. The molecule has 3 heterocycles. The molecule has 7 heteroatoms. The SMILES string of the molecule is COc1ccc(C2(c3cccc(-c4cncnc4)c3)N=C(N)c3nccnc32)cc1C1CC1. The highest BCUT2D eigenvalue weighted by atomic mass is 16.5. The minimum atomic E-state index is -0.908. The molecule has 7 nitrogen and oxygen atoms in total. The molecule has 1 atom stereocenters. The van der Waals surface area contributed by atoms with E-state index in [-0.39, 0.29) is 0 Å². The molecular weight excluding hydrogens is 412 g/mol. The van der Waals surface area contributed by atoms with Crippen LogP contribution in [-0.4, -0.2) is 32.9 Å². The number of nitrogens with two attached hydrogens (primary N) is 1. The Kier molecular flexibility index (Phi) is 4.43. The van der Waals surface area contributed by atoms with E-state index in [1.165, 1.54) is 11.9 Å². The van der Waals surface area contributed by atoms with Crippen molar-refractivity contribution in [3.05, 3.63) is 102 Å². The molecule has 0 amide bonds. The molecular formula is C26H22N6O. The van der Waals surface area contributed by atoms with Crippen LogP contribution in [0.1, 0.15) is 46.8 Å². The molecule has 0 saturated heterocycles.